The molecule has 1 aromatic rings. The Hall–Kier alpha value is -2.09. The first-order valence-electron chi connectivity index (χ1n) is 5.40. The standard InChI is InChI=1S/C12H15N3O2/c1-3-17-12(16)5-7-15(2)11-4-6-14-10(8-11)9-13/h4,6,8H,3,5,7H2,1-2H3. The van der Waals surface area contributed by atoms with Crippen molar-refractivity contribution in [1.82, 2.24) is 4.98 Å². The zero-order valence-corrected chi connectivity index (χ0v) is 10.0. The van der Waals surface area contributed by atoms with E-state index in [1.807, 2.05) is 18.0 Å². The summed E-state index contributed by atoms with van der Waals surface area (Å²) in [6.45, 7) is 2.73. The van der Waals surface area contributed by atoms with E-state index in [1.165, 1.54) is 0 Å². The van der Waals surface area contributed by atoms with Gasteiger partial charge in [-0.25, -0.2) is 4.98 Å². The Balaban J connectivity index is 2.55. The highest BCUT2D eigenvalue weighted by atomic mass is 16.5. The van der Waals surface area contributed by atoms with Crippen LogP contribution in [-0.4, -0.2) is 31.2 Å². The first kappa shape index (κ1) is 13.0. The van der Waals surface area contributed by atoms with Crippen molar-refractivity contribution in [2.75, 3.05) is 25.1 Å². The molecule has 0 fully saturated rings. The van der Waals surface area contributed by atoms with Crippen LogP contribution in [-0.2, 0) is 9.53 Å². The lowest BCUT2D eigenvalue weighted by atomic mass is 10.3. The minimum atomic E-state index is -0.214. The Labute approximate surface area is 101 Å². The molecule has 0 saturated heterocycles. The zero-order chi connectivity index (χ0) is 12.7. The van der Waals surface area contributed by atoms with E-state index >= 15 is 0 Å². The zero-order valence-electron chi connectivity index (χ0n) is 10.0. The first-order valence-corrected chi connectivity index (χ1v) is 5.40. The summed E-state index contributed by atoms with van der Waals surface area (Å²) < 4.78 is 4.84. The molecule has 0 aromatic carbocycles. The van der Waals surface area contributed by atoms with Gasteiger partial charge in [0.15, 0.2) is 0 Å². The predicted octanol–water partition coefficient (Wildman–Crippen LogP) is 1.34. The highest BCUT2D eigenvalue weighted by molar-refractivity contribution is 5.70. The molecular formula is C12H15N3O2. The maximum absolute atomic E-state index is 11.2. The minimum absolute atomic E-state index is 0.214. The van der Waals surface area contributed by atoms with E-state index in [-0.39, 0.29) is 5.97 Å². The fourth-order valence-corrected chi connectivity index (χ4v) is 1.34. The van der Waals surface area contributed by atoms with Crippen LogP contribution in [0.25, 0.3) is 0 Å². The van der Waals surface area contributed by atoms with E-state index in [0.29, 0.717) is 25.3 Å². The van der Waals surface area contributed by atoms with Crippen LogP contribution in [0.5, 0.6) is 0 Å². The average molecular weight is 233 g/mol. The van der Waals surface area contributed by atoms with Crippen molar-refractivity contribution in [3.05, 3.63) is 24.0 Å². The molecule has 5 heteroatoms. The number of aromatic nitrogens is 1. The van der Waals surface area contributed by atoms with Crippen molar-refractivity contribution in [3.63, 3.8) is 0 Å². The van der Waals surface area contributed by atoms with E-state index in [2.05, 4.69) is 4.98 Å². The van der Waals surface area contributed by atoms with Crippen LogP contribution in [0, 0.1) is 11.3 Å². The third-order valence-electron chi connectivity index (χ3n) is 2.26. The number of hydrogen-bond donors (Lipinski definition) is 0. The minimum Gasteiger partial charge on any atom is -0.466 e. The molecule has 0 atom stereocenters. The van der Waals surface area contributed by atoms with E-state index in [1.54, 1.807) is 25.3 Å². The van der Waals surface area contributed by atoms with E-state index in [9.17, 15) is 4.79 Å². The quantitative estimate of drug-likeness (QED) is 0.718. The normalized spacial score (nSPS) is 9.47. The van der Waals surface area contributed by atoms with Gasteiger partial charge in [-0.1, -0.05) is 0 Å². The second-order valence-corrected chi connectivity index (χ2v) is 3.49. The fraction of sp³-hybridized carbons (Fsp3) is 0.417. The molecule has 0 saturated carbocycles. The lowest BCUT2D eigenvalue weighted by molar-refractivity contribution is -0.142. The molecule has 5 nitrogen and oxygen atoms in total. The van der Waals surface area contributed by atoms with Crippen molar-refractivity contribution in [2.45, 2.75) is 13.3 Å². The summed E-state index contributed by atoms with van der Waals surface area (Å²) in [5.41, 5.74) is 1.23. The number of nitrogens with zero attached hydrogens (tertiary/aromatic N) is 3. The highest BCUT2D eigenvalue weighted by Gasteiger charge is 2.06. The van der Waals surface area contributed by atoms with Crippen LogP contribution in [0.4, 0.5) is 5.69 Å². The number of hydrogen-bond acceptors (Lipinski definition) is 5. The van der Waals surface area contributed by atoms with Crippen molar-refractivity contribution in [3.8, 4) is 6.07 Å². The van der Waals surface area contributed by atoms with E-state index in [0.717, 1.165) is 5.69 Å². The molecule has 0 amide bonds. The van der Waals surface area contributed by atoms with Crippen LogP contribution in [0.2, 0.25) is 0 Å². The molecule has 0 unspecified atom stereocenters. The van der Waals surface area contributed by atoms with Crippen molar-refractivity contribution in [2.24, 2.45) is 0 Å². The summed E-state index contributed by atoms with van der Waals surface area (Å²) >= 11 is 0. The summed E-state index contributed by atoms with van der Waals surface area (Å²) in [5, 5.41) is 8.73. The number of anilines is 1. The summed E-state index contributed by atoms with van der Waals surface area (Å²) in [6.07, 6.45) is 1.91. The van der Waals surface area contributed by atoms with Crippen LogP contribution in [0.1, 0.15) is 19.0 Å². The highest BCUT2D eigenvalue weighted by Crippen LogP contribution is 2.12. The van der Waals surface area contributed by atoms with Gasteiger partial charge in [-0.15, -0.1) is 0 Å². The van der Waals surface area contributed by atoms with Gasteiger partial charge in [-0.2, -0.15) is 5.26 Å². The number of esters is 1. The summed E-state index contributed by atoms with van der Waals surface area (Å²) in [5.74, 6) is -0.214. The fourth-order valence-electron chi connectivity index (χ4n) is 1.34. The number of rotatable bonds is 5. The number of pyridine rings is 1. The van der Waals surface area contributed by atoms with Gasteiger partial charge < -0.3 is 9.64 Å². The number of carbonyl (C=O) groups is 1. The van der Waals surface area contributed by atoms with Crippen LogP contribution < -0.4 is 4.90 Å². The topological polar surface area (TPSA) is 66.2 Å². The molecule has 0 spiro atoms. The molecule has 0 aliphatic rings. The third-order valence-corrected chi connectivity index (χ3v) is 2.26. The Kier molecular flexibility index (Phi) is 4.95. The van der Waals surface area contributed by atoms with Gasteiger partial charge in [0.2, 0.25) is 0 Å². The molecule has 0 bridgehead atoms. The van der Waals surface area contributed by atoms with Gasteiger partial charge in [0.05, 0.1) is 13.0 Å². The predicted molar refractivity (Wildman–Crippen MR) is 63.5 cm³/mol. The molecule has 1 heterocycles. The first-order chi connectivity index (χ1) is 8.17. The molecule has 0 radical (unpaired) electrons. The molecule has 17 heavy (non-hydrogen) atoms. The van der Waals surface area contributed by atoms with Gasteiger partial charge >= 0.3 is 5.97 Å². The maximum Gasteiger partial charge on any atom is 0.307 e. The Morgan fingerprint density at radius 1 is 1.65 bits per heavy atom. The van der Waals surface area contributed by atoms with Gasteiger partial charge in [0, 0.05) is 25.5 Å². The Morgan fingerprint density at radius 2 is 2.41 bits per heavy atom. The monoisotopic (exact) mass is 233 g/mol. The number of carbonyl (C=O) groups excluding carboxylic acids is 1. The van der Waals surface area contributed by atoms with Crippen LogP contribution >= 0.6 is 0 Å². The molecule has 1 aromatic heterocycles. The van der Waals surface area contributed by atoms with Gasteiger partial charge in [0.1, 0.15) is 11.8 Å². The SMILES string of the molecule is CCOC(=O)CCN(C)c1ccnc(C#N)c1. The number of nitriles is 1. The Morgan fingerprint density at radius 3 is 3.06 bits per heavy atom. The van der Waals surface area contributed by atoms with Gasteiger partial charge in [0.25, 0.3) is 0 Å². The maximum atomic E-state index is 11.2. The van der Waals surface area contributed by atoms with Crippen molar-refractivity contribution < 1.29 is 9.53 Å². The molecule has 0 aliphatic carbocycles. The smallest absolute Gasteiger partial charge is 0.307 e. The van der Waals surface area contributed by atoms with Crippen LogP contribution in [0.3, 0.4) is 0 Å². The van der Waals surface area contributed by atoms with Crippen molar-refractivity contribution >= 4 is 11.7 Å². The van der Waals surface area contributed by atoms with Crippen LogP contribution in [0.15, 0.2) is 18.3 Å². The summed E-state index contributed by atoms with van der Waals surface area (Å²) in [4.78, 5) is 17.0. The molecule has 90 valence electrons. The average Bonchev–Trinajstić information content (AvgIpc) is 2.36. The van der Waals surface area contributed by atoms with E-state index in [4.69, 9.17) is 10.00 Å². The lowest BCUT2D eigenvalue weighted by Crippen LogP contribution is -2.22. The second-order valence-electron chi connectivity index (χ2n) is 3.49. The molecule has 0 N–H and O–H groups in total. The van der Waals surface area contributed by atoms with E-state index < -0.39 is 0 Å². The molecule has 0 aliphatic heterocycles. The molecular weight excluding hydrogens is 218 g/mol. The molecule has 1 rings (SSSR count). The Bertz CT molecular complexity index is 426. The second kappa shape index (κ2) is 6.48. The van der Waals surface area contributed by atoms with Gasteiger partial charge in [-0.3, -0.25) is 4.79 Å². The van der Waals surface area contributed by atoms with Crippen molar-refractivity contribution in [1.29, 1.82) is 5.26 Å². The largest absolute Gasteiger partial charge is 0.466 e. The lowest BCUT2D eigenvalue weighted by Gasteiger charge is -2.18. The summed E-state index contributed by atoms with van der Waals surface area (Å²) in [7, 11) is 1.86. The van der Waals surface area contributed by atoms with Gasteiger partial charge in [-0.05, 0) is 19.1 Å². The third kappa shape index (κ3) is 4.11. The number of ether oxygens (including phenoxy) is 1. The summed E-state index contributed by atoms with van der Waals surface area (Å²) in [6, 6.07) is 5.46.